The predicted octanol–water partition coefficient (Wildman–Crippen LogP) is 4.64. The molecule has 0 aliphatic heterocycles. The van der Waals surface area contributed by atoms with E-state index in [1.165, 1.54) is 0 Å². The van der Waals surface area contributed by atoms with Crippen molar-refractivity contribution in [2.45, 2.75) is 6.04 Å². The fraction of sp³-hybridized carbons (Fsp3) is 0.105. The molecule has 1 unspecified atom stereocenters. The third-order valence-electron chi connectivity index (χ3n) is 3.45. The highest BCUT2D eigenvalue weighted by molar-refractivity contribution is 14.1. The second kappa shape index (κ2) is 8.30. The summed E-state index contributed by atoms with van der Waals surface area (Å²) >= 11 is 3.86. The zero-order valence-electron chi connectivity index (χ0n) is 12.8. The van der Waals surface area contributed by atoms with Crippen LogP contribution in [0.25, 0.3) is 0 Å². The number of nitrogens with one attached hydrogen (secondary N) is 1. The molecule has 3 nitrogen and oxygen atoms in total. The molecule has 3 aromatic rings. The van der Waals surface area contributed by atoms with Crippen molar-refractivity contribution < 1.29 is 9.53 Å². The van der Waals surface area contributed by atoms with E-state index in [4.69, 9.17) is 4.74 Å². The maximum absolute atomic E-state index is 12.3. The molecule has 0 aliphatic carbocycles. The van der Waals surface area contributed by atoms with Crippen molar-refractivity contribution in [3.8, 4) is 5.75 Å². The van der Waals surface area contributed by atoms with Gasteiger partial charge in [0.25, 0.3) is 5.91 Å². The van der Waals surface area contributed by atoms with Gasteiger partial charge in [-0.1, -0.05) is 36.4 Å². The molecule has 0 fully saturated rings. The van der Waals surface area contributed by atoms with E-state index in [-0.39, 0.29) is 18.6 Å². The van der Waals surface area contributed by atoms with E-state index in [1.807, 2.05) is 72.1 Å². The second-order valence-electron chi connectivity index (χ2n) is 5.17. The Morgan fingerprint density at radius 1 is 1.04 bits per heavy atom. The standard InChI is InChI=1S/C19H16INO2S/c20-15-8-10-16(11-9-15)23-13-18(22)21-19(17-7-4-12-24-17)14-5-2-1-3-6-14/h1-12,19H,13H2,(H,21,22). The van der Waals surface area contributed by atoms with Crippen LogP contribution in [0.1, 0.15) is 16.5 Å². The van der Waals surface area contributed by atoms with Gasteiger partial charge in [-0.05, 0) is 63.9 Å². The van der Waals surface area contributed by atoms with Crippen LogP contribution < -0.4 is 10.1 Å². The van der Waals surface area contributed by atoms with Crippen molar-refractivity contribution in [3.63, 3.8) is 0 Å². The molecule has 1 N–H and O–H groups in total. The van der Waals surface area contributed by atoms with Crippen LogP contribution in [-0.2, 0) is 4.79 Å². The van der Waals surface area contributed by atoms with Gasteiger partial charge in [0, 0.05) is 8.45 Å². The van der Waals surface area contributed by atoms with Crippen LogP contribution in [0.3, 0.4) is 0 Å². The van der Waals surface area contributed by atoms with E-state index in [0.29, 0.717) is 5.75 Å². The van der Waals surface area contributed by atoms with Gasteiger partial charge in [-0.3, -0.25) is 4.79 Å². The molecule has 1 amide bonds. The maximum atomic E-state index is 12.3. The number of amides is 1. The lowest BCUT2D eigenvalue weighted by Gasteiger charge is -2.18. The molecule has 0 saturated heterocycles. The summed E-state index contributed by atoms with van der Waals surface area (Å²) in [5, 5.41) is 5.08. The number of hydrogen-bond acceptors (Lipinski definition) is 3. The van der Waals surface area contributed by atoms with E-state index in [9.17, 15) is 4.79 Å². The van der Waals surface area contributed by atoms with Crippen molar-refractivity contribution in [1.82, 2.24) is 5.32 Å². The molecule has 1 heterocycles. The lowest BCUT2D eigenvalue weighted by atomic mass is 10.1. The van der Waals surface area contributed by atoms with Gasteiger partial charge >= 0.3 is 0 Å². The van der Waals surface area contributed by atoms with Crippen LogP contribution in [0.15, 0.2) is 72.1 Å². The molecule has 122 valence electrons. The SMILES string of the molecule is O=C(COc1ccc(I)cc1)NC(c1ccccc1)c1cccs1. The minimum Gasteiger partial charge on any atom is -0.484 e. The molecule has 0 radical (unpaired) electrons. The topological polar surface area (TPSA) is 38.3 Å². The van der Waals surface area contributed by atoms with Gasteiger partial charge in [0.2, 0.25) is 0 Å². The van der Waals surface area contributed by atoms with Crippen LogP contribution in [0.4, 0.5) is 0 Å². The Morgan fingerprint density at radius 3 is 2.46 bits per heavy atom. The predicted molar refractivity (Wildman–Crippen MR) is 105 cm³/mol. The number of benzene rings is 2. The maximum Gasteiger partial charge on any atom is 0.258 e. The Hall–Kier alpha value is -1.86. The number of carbonyl (C=O) groups excluding carboxylic acids is 1. The van der Waals surface area contributed by atoms with Gasteiger partial charge in [0.05, 0.1) is 6.04 Å². The van der Waals surface area contributed by atoms with Crippen LogP contribution in [0.5, 0.6) is 5.75 Å². The molecule has 2 aromatic carbocycles. The number of carbonyl (C=O) groups is 1. The molecular formula is C19H16INO2S. The summed E-state index contributed by atoms with van der Waals surface area (Å²) in [4.78, 5) is 13.4. The van der Waals surface area contributed by atoms with Crippen molar-refractivity contribution in [3.05, 3.63) is 86.1 Å². The second-order valence-corrected chi connectivity index (χ2v) is 7.39. The van der Waals surface area contributed by atoms with Crippen molar-refractivity contribution in [2.75, 3.05) is 6.61 Å². The van der Waals surface area contributed by atoms with E-state index in [0.717, 1.165) is 14.0 Å². The highest BCUT2D eigenvalue weighted by Gasteiger charge is 2.17. The largest absolute Gasteiger partial charge is 0.484 e. The summed E-state index contributed by atoms with van der Waals surface area (Å²) < 4.78 is 6.70. The van der Waals surface area contributed by atoms with Crippen molar-refractivity contribution in [1.29, 1.82) is 0 Å². The zero-order chi connectivity index (χ0) is 16.8. The average molecular weight is 449 g/mol. The summed E-state index contributed by atoms with van der Waals surface area (Å²) in [7, 11) is 0. The molecule has 0 bridgehead atoms. The smallest absolute Gasteiger partial charge is 0.258 e. The van der Waals surface area contributed by atoms with Crippen molar-refractivity contribution >= 4 is 39.8 Å². The normalized spacial score (nSPS) is 11.7. The highest BCUT2D eigenvalue weighted by Crippen LogP contribution is 2.25. The first-order valence-electron chi connectivity index (χ1n) is 7.48. The third kappa shape index (κ3) is 4.58. The average Bonchev–Trinajstić information content (AvgIpc) is 3.14. The molecule has 3 rings (SSSR count). The Bertz CT molecular complexity index is 773. The summed E-state index contributed by atoms with van der Waals surface area (Å²) in [5.74, 6) is 0.550. The first-order chi connectivity index (χ1) is 11.7. The van der Waals surface area contributed by atoms with Crippen LogP contribution >= 0.6 is 33.9 Å². The van der Waals surface area contributed by atoms with E-state index in [1.54, 1.807) is 11.3 Å². The Morgan fingerprint density at radius 2 is 1.79 bits per heavy atom. The first kappa shape index (κ1) is 17.0. The molecule has 0 saturated carbocycles. The molecule has 24 heavy (non-hydrogen) atoms. The zero-order valence-corrected chi connectivity index (χ0v) is 15.8. The fourth-order valence-corrected chi connectivity index (χ4v) is 3.46. The molecule has 0 aliphatic rings. The quantitative estimate of drug-likeness (QED) is 0.557. The Labute approximate surface area is 158 Å². The molecular weight excluding hydrogens is 433 g/mol. The van der Waals surface area contributed by atoms with Gasteiger partial charge < -0.3 is 10.1 Å². The van der Waals surface area contributed by atoms with E-state index < -0.39 is 0 Å². The van der Waals surface area contributed by atoms with Crippen molar-refractivity contribution in [2.24, 2.45) is 0 Å². The van der Waals surface area contributed by atoms with E-state index in [2.05, 4.69) is 27.9 Å². The summed E-state index contributed by atoms with van der Waals surface area (Å²) in [5.41, 5.74) is 1.06. The van der Waals surface area contributed by atoms with Crippen LogP contribution in [0.2, 0.25) is 0 Å². The summed E-state index contributed by atoms with van der Waals surface area (Å²) in [6.07, 6.45) is 0. The lowest BCUT2D eigenvalue weighted by Crippen LogP contribution is -2.32. The Balaban J connectivity index is 1.66. The Kier molecular flexibility index (Phi) is 5.87. The highest BCUT2D eigenvalue weighted by atomic mass is 127. The number of thiophene rings is 1. The third-order valence-corrected chi connectivity index (χ3v) is 5.11. The monoisotopic (exact) mass is 449 g/mol. The minimum atomic E-state index is -0.154. The van der Waals surface area contributed by atoms with E-state index >= 15 is 0 Å². The van der Waals surface area contributed by atoms with Gasteiger partial charge in [0.15, 0.2) is 6.61 Å². The first-order valence-corrected chi connectivity index (χ1v) is 9.44. The van der Waals surface area contributed by atoms with Crippen LogP contribution in [0, 0.1) is 3.57 Å². The van der Waals surface area contributed by atoms with Gasteiger partial charge in [-0.2, -0.15) is 0 Å². The van der Waals surface area contributed by atoms with Crippen LogP contribution in [-0.4, -0.2) is 12.5 Å². The number of halogens is 1. The van der Waals surface area contributed by atoms with Gasteiger partial charge in [-0.15, -0.1) is 11.3 Å². The summed E-state index contributed by atoms with van der Waals surface area (Å²) in [6.45, 7) is -0.00466. The summed E-state index contributed by atoms with van der Waals surface area (Å²) in [6, 6.07) is 21.5. The number of rotatable bonds is 6. The van der Waals surface area contributed by atoms with Gasteiger partial charge in [0.1, 0.15) is 5.75 Å². The molecule has 5 heteroatoms. The number of hydrogen-bond donors (Lipinski definition) is 1. The fourth-order valence-electron chi connectivity index (χ4n) is 2.30. The van der Waals surface area contributed by atoms with Gasteiger partial charge in [-0.25, -0.2) is 0 Å². The lowest BCUT2D eigenvalue weighted by molar-refractivity contribution is -0.123. The molecule has 1 atom stereocenters. The number of ether oxygens (including phenoxy) is 1. The minimum absolute atomic E-state index is 0.00466. The molecule has 0 spiro atoms. The molecule has 1 aromatic heterocycles.